The Balaban J connectivity index is 2.11. The molecule has 4 nitrogen and oxygen atoms in total. The predicted molar refractivity (Wildman–Crippen MR) is 79.2 cm³/mol. The molecule has 116 valence electrons. The van der Waals surface area contributed by atoms with Crippen LogP contribution in [0, 0.1) is 11.7 Å². The highest BCUT2D eigenvalue weighted by molar-refractivity contribution is 5.92. The van der Waals surface area contributed by atoms with Gasteiger partial charge in [0.25, 0.3) is 0 Å². The third kappa shape index (κ3) is 3.80. The molecule has 2 unspecified atom stereocenters. The molecule has 2 rings (SSSR count). The smallest absolute Gasteiger partial charge is 0.248 e. The Labute approximate surface area is 124 Å². The van der Waals surface area contributed by atoms with Gasteiger partial charge in [-0.15, -0.1) is 0 Å². The van der Waals surface area contributed by atoms with E-state index in [1.165, 1.54) is 18.2 Å². The van der Waals surface area contributed by atoms with Crippen LogP contribution in [0.3, 0.4) is 0 Å². The normalized spacial score (nSPS) is 25.8. The monoisotopic (exact) mass is 294 g/mol. The van der Waals surface area contributed by atoms with Crippen molar-refractivity contribution in [3.63, 3.8) is 0 Å². The summed E-state index contributed by atoms with van der Waals surface area (Å²) < 4.78 is 13.8. The number of hydrogen-bond donors (Lipinski definition) is 3. The molecule has 0 aliphatic heterocycles. The number of benzene rings is 1. The summed E-state index contributed by atoms with van der Waals surface area (Å²) >= 11 is 0. The molecule has 0 heterocycles. The van der Waals surface area contributed by atoms with Crippen molar-refractivity contribution in [2.45, 2.75) is 44.7 Å². The third-order valence-corrected chi connectivity index (χ3v) is 4.38. The van der Waals surface area contributed by atoms with Crippen LogP contribution in [-0.4, -0.2) is 23.2 Å². The van der Waals surface area contributed by atoms with Crippen molar-refractivity contribution >= 4 is 5.91 Å². The quantitative estimate of drug-likeness (QED) is 0.777. The molecule has 1 aliphatic carbocycles. The van der Waals surface area contributed by atoms with Gasteiger partial charge in [0.1, 0.15) is 5.82 Å². The van der Waals surface area contributed by atoms with Gasteiger partial charge in [0.2, 0.25) is 5.91 Å². The van der Waals surface area contributed by atoms with Gasteiger partial charge in [-0.1, -0.05) is 19.8 Å². The molecule has 0 bridgehead atoms. The van der Waals surface area contributed by atoms with E-state index in [9.17, 15) is 14.3 Å². The number of carbonyl (C=O) groups is 1. The summed E-state index contributed by atoms with van der Waals surface area (Å²) in [5.41, 5.74) is 5.56. The number of halogens is 1. The standard InChI is InChI=1S/C16H23FN2O2/c1-11-3-2-6-16(8-11,10-20)19-9-13-7-12(15(18)21)4-5-14(13)17/h4-5,7,11,19-20H,2-3,6,8-10H2,1H3,(H2,18,21). The number of primary amides is 1. The van der Waals surface area contributed by atoms with Crippen molar-refractivity contribution < 1.29 is 14.3 Å². The van der Waals surface area contributed by atoms with E-state index in [1.54, 1.807) is 0 Å². The van der Waals surface area contributed by atoms with Crippen molar-refractivity contribution in [3.8, 4) is 0 Å². The summed E-state index contributed by atoms with van der Waals surface area (Å²) in [6.45, 7) is 2.48. The Bertz CT molecular complexity index is 521. The number of hydrogen-bond acceptors (Lipinski definition) is 3. The van der Waals surface area contributed by atoms with Gasteiger partial charge in [-0.2, -0.15) is 0 Å². The number of rotatable bonds is 5. The first kappa shape index (κ1) is 15.9. The van der Waals surface area contributed by atoms with Crippen LogP contribution < -0.4 is 11.1 Å². The Hall–Kier alpha value is -1.46. The number of nitrogens with two attached hydrogens (primary N) is 1. The first-order valence-electron chi connectivity index (χ1n) is 7.40. The van der Waals surface area contributed by atoms with Gasteiger partial charge in [0, 0.05) is 23.2 Å². The largest absolute Gasteiger partial charge is 0.394 e. The first-order chi connectivity index (χ1) is 9.96. The molecule has 1 aliphatic rings. The molecule has 0 spiro atoms. The van der Waals surface area contributed by atoms with Gasteiger partial charge in [0.05, 0.1) is 6.61 Å². The molecule has 0 saturated heterocycles. The molecular weight excluding hydrogens is 271 g/mol. The van der Waals surface area contributed by atoms with Crippen LogP contribution in [0.25, 0.3) is 0 Å². The minimum absolute atomic E-state index is 0.0362. The SMILES string of the molecule is CC1CCCC(CO)(NCc2cc(C(N)=O)ccc2F)C1. The number of aliphatic hydroxyl groups excluding tert-OH is 1. The summed E-state index contributed by atoms with van der Waals surface area (Å²) in [7, 11) is 0. The summed E-state index contributed by atoms with van der Waals surface area (Å²) in [6, 6.07) is 4.11. The van der Waals surface area contributed by atoms with Crippen LogP contribution in [0.1, 0.15) is 48.5 Å². The minimum Gasteiger partial charge on any atom is -0.394 e. The summed E-state index contributed by atoms with van der Waals surface area (Å²) in [4.78, 5) is 11.2. The minimum atomic E-state index is -0.570. The average Bonchev–Trinajstić information content (AvgIpc) is 2.46. The molecule has 1 amide bonds. The lowest BCUT2D eigenvalue weighted by molar-refractivity contribution is 0.0977. The van der Waals surface area contributed by atoms with E-state index in [2.05, 4.69) is 12.2 Å². The second-order valence-corrected chi connectivity index (χ2v) is 6.16. The maximum atomic E-state index is 13.8. The van der Waals surface area contributed by atoms with Gasteiger partial charge >= 0.3 is 0 Å². The number of amides is 1. The molecule has 21 heavy (non-hydrogen) atoms. The first-order valence-corrected chi connectivity index (χ1v) is 7.40. The van der Waals surface area contributed by atoms with Gasteiger partial charge in [-0.3, -0.25) is 4.79 Å². The van der Waals surface area contributed by atoms with E-state index in [1.807, 2.05) is 0 Å². The second-order valence-electron chi connectivity index (χ2n) is 6.16. The highest BCUT2D eigenvalue weighted by Crippen LogP contribution is 2.32. The summed E-state index contributed by atoms with van der Waals surface area (Å²) in [5.74, 6) is -0.399. The predicted octanol–water partition coefficient (Wildman–Crippen LogP) is 1.96. The van der Waals surface area contributed by atoms with Crippen LogP contribution >= 0.6 is 0 Å². The number of aliphatic hydroxyl groups is 1. The maximum absolute atomic E-state index is 13.8. The lowest BCUT2D eigenvalue weighted by Crippen LogP contribution is -2.51. The van der Waals surface area contributed by atoms with E-state index in [-0.39, 0.29) is 24.5 Å². The van der Waals surface area contributed by atoms with Gasteiger partial charge < -0.3 is 16.2 Å². The van der Waals surface area contributed by atoms with E-state index in [4.69, 9.17) is 5.73 Å². The van der Waals surface area contributed by atoms with Crippen LogP contribution in [0.15, 0.2) is 18.2 Å². The molecule has 0 radical (unpaired) electrons. The highest BCUT2D eigenvalue weighted by atomic mass is 19.1. The van der Waals surface area contributed by atoms with Gasteiger partial charge in [-0.25, -0.2) is 4.39 Å². The Kier molecular flexibility index (Phi) is 4.96. The maximum Gasteiger partial charge on any atom is 0.248 e. The molecular formula is C16H23FN2O2. The lowest BCUT2D eigenvalue weighted by atomic mass is 9.76. The van der Waals surface area contributed by atoms with Crippen molar-refractivity contribution in [2.75, 3.05) is 6.61 Å². The summed E-state index contributed by atoms with van der Waals surface area (Å²) in [6.07, 6.45) is 3.97. The van der Waals surface area contributed by atoms with Crippen LogP contribution in [0.5, 0.6) is 0 Å². The molecule has 0 aromatic heterocycles. The van der Waals surface area contributed by atoms with Crippen molar-refractivity contribution in [1.82, 2.24) is 5.32 Å². The topological polar surface area (TPSA) is 75.3 Å². The van der Waals surface area contributed by atoms with E-state index >= 15 is 0 Å². The van der Waals surface area contributed by atoms with E-state index < -0.39 is 5.91 Å². The molecule has 4 N–H and O–H groups in total. The highest BCUT2D eigenvalue weighted by Gasteiger charge is 2.33. The van der Waals surface area contributed by atoms with Crippen LogP contribution in [0.2, 0.25) is 0 Å². The average molecular weight is 294 g/mol. The van der Waals surface area contributed by atoms with Crippen LogP contribution in [0.4, 0.5) is 4.39 Å². The fraction of sp³-hybridized carbons (Fsp3) is 0.562. The lowest BCUT2D eigenvalue weighted by Gasteiger charge is -2.39. The van der Waals surface area contributed by atoms with Crippen molar-refractivity contribution in [1.29, 1.82) is 0 Å². The molecule has 5 heteroatoms. The third-order valence-electron chi connectivity index (χ3n) is 4.38. The molecule has 1 aromatic carbocycles. The molecule has 1 saturated carbocycles. The van der Waals surface area contributed by atoms with Crippen LogP contribution in [-0.2, 0) is 6.54 Å². The Morgan fingerprint density at radius 2 is 2.33 bits per heavy atom. The van der Waals surface area contributed by atoms with Gasteiger partial charge in [0.15, 0.2) is 0 Å². The fourth-order valence-corrected chi connectivity index (χ4v) is 3.17. The summed E-state index contributed by atoms with van der Waals surface area (Å²) in [5, 5.41) is 13.0. The number of carbonyl (C=O) groups excluding carboxylic acids is 1. The Morgan fingerprint density at radius 3 is 2.95 bits per heavy atom. The molecule has 1 aromatic rings. The molecule has 1 fully saturated rings. The van der Waals surface area contributed by atoms with Crippen molar-refractivity contribution in [3.05, 3.63) is 35.1 Å². The zero-order valence-electron chi connectivity index (χ0n) is 12.4. The van der Waals surface area contributed by atoms with E-state index in [0.29, 0.717) is 17.0 Å². The Morgan fingerprint density at radius 1 is 1.57 bits per heavy atom. The fourth-order valence-electron chi connectivity index (χ4n) is 3.17. The number of nitrogens with one attached hydrogen (secondary N) is 1. The zero-order chi connectivity index (χ0) is 15.5. The van der Waals surface area contributed by atoms with E-state index in [0.717, 1.165) is 25.7 Å². The van der Waals surface area contributed by atoms with Gasteiger partial charge in [-0.05, 0) is 37.0 Å². The second kappa shape index (κ2) is 6.54. The molecule has 2 atom stereocenters. The zero-order valence-corrected chi connectivity index (χ0v) is 12.4. The van der Waals surface area contributed by atoms with Crippen molar-refractivity contribution in [2.24, 2.45) is 11.7 Å².